The van der Waals surface area contributed by atoms with Gasteiger partial charge in [-0.2, -0.15) is 0 Å². The summed E-state index contributed by atoms with van der Waals surface area (Å²) in [6.45, 7) is 7.85. The molecule has 8 heteroatoms. The van der Waals surface area contributed by atoms with E-state index in [4.69, 9.17) is 16.3 Å². The van der Waals surface area contributed by atoms with E-state index in [1.54, 1.807) is 30.0 Å². The highest BCUT2D eigenvalue weighted by Gasteiger charge is 2.28. The van der Waals surface area contributed by atoms with Crippen LogP contribution in [-0.2, 0) is 9.53 Å². The van der Waals surface area contributed by atoms with Crippen LogP contribution < -0.4 is 4.90 Å². The number of anilines is 1. The van der Waals surface area contributed by atoms with Gasteiger partial charge in [-0.15, -0.1) is 6.58 Å². The third-order valence-corrected chi connectivity index (χ3v) is 4.34. The Morgan fingerprint density at radius 2 is 2.12 bits per heavy atom. The first kappa shape index (κ1) is 19.2. The molecule has 2 rings (SSSR count). The number of carbonyl (C=O) groups is 1. The zero-order valence-corrected chi connectivity index (χ0v) is 14.9. The topological polar surface area (TPSA) is 75.9 Å². The van der Waals surface area contributed by atoms with Crippen LogP contribution in [-0.4, -0.2) is 54.6 Å². The molecule has 0 aromatic heterocycles. The van der Waals surface area contributed by atoms with Crippen molar-refractivity contribution in [3.05, 3.63) is 46.0 Å². The number of piperazine rings is 1. The van der Waals surface area contributed by atoms with E-state index >= 15 is 0 Å². The lowest BCUT2D eigenvalue weighted by molar-refractivity contribution is -0.384. The molecule has 1 heterocycles. The van der Waals surface area contributed by atoms with Crippen LogP contribution in [0.5, 0.6) is 0 Å². The van der Waals surface area contributed by atoms with Gasteiger partial charge in [0.05, 0.1) is 11.5 Å². The normalized spacial score (nSPS) is 15.8. The lowest BCUT2D eigenvalue weighted by atomic mass is 10.2. The lowest BCUT2D eigenvalue weighted by Gasteiger charge is -2.36. The Balaban J connectivity index is 1.97. The number of amides is 1. The average molecular weight is 368 g/mol. The van der Waals surface area contributed by atoms with Gasteiger partial charge in [-0.25, -0.2) is 0 Å². The van der Waals surface area contributed by atoms with E-state index in [2.05, 4.69) is 6.58 Å². The molecule has 7 nitrogen and oxygen atoms in total. The Bertz CT molecular complexity index is 645. The third kappa shape index (κ3) is 4.93. The fraction of sp³-hybridized carbons (Fsp3) is 0.471. The molecule has 1 unspecified atom stereocenters. The fourth-order valence-corrected chi connectivity index (χ4v) is 2.90. The maximum Gasteiger partial charge on any atom is 0.294 e. The molecular weight excluding hydrogens is 346 g/mol. The van der Waals surface area contributed by atoms with E-state index in [0.717, 1.165) is 0 Å². The van der Waals surface area contributed by atoms with Gasteiger partial charge >= 0.3 is 0 Å². The first-order valence-electron chi connectivity index (χ1n) is 8.14. The number of carbonyl (C=O) groups excluding carboxylic acids is 1. The zero-order valence-electron chi connectivity index (χ0n) is 14.2. The molecule has 0 spiro atoms. The molecule has 1 aliphatic rings. The van der Waals surface area contributed by atoms with E-state index in [-0.39, 0.29) is 11.6 Å². The second-order valence-electron chi connectivity index (χ2n) is 5.79. The zero-order chi connectivity index (χ0) is 18.4. The Hall–Kier alpha value is -2.12. The predicted octanol–water partition coefficient (Wildman–Crippen LogP) is 2.88. The summed E-state index contributed by atoms with van der Waals surface area (Å²) in [6.07, 6.45) is 1.94. The van der Waals surface area contributed by atoms with Crippen molar-refractivity contribution in [2.24, 2.45) is 0 Å². The van der Waals surface area contributed by atoms with Crippen LogP contribution >= 0.6 is 11.6 Å². The summed E-state index contributed by atoms with van der Waals surface area (Å²) in [6, 6.07) is 4.64. The predicted molar refractivity (Wildman–Crippen MR) is 97.1 cm³/mol. The van der Waals surface area contributed by atoms with Gasteiger partial charge in [0, 0.05) is 37.3 Å². The number of hydrogen-bond donors (Lipinski definition) is 0. The Labute approximate surface area is 152 Å². The monoisotopic (exact) mass is 367 g/mol. The Morgan fingerprint density at radius 3 is 2.72 bits per heavy atom. The van der Waals surface area contributed by atoms with E-state index in [1.807, 2.05) is 4.90 Å². The van der Waals surface area contributed by atoms with E-state index in [9.17, 15) is 14.9 Å². The molecule has 1 aliphatic heterocycles. The van der Waals surface area contributed by atoms with E-state index in [1.165, 1.54) is 6.07 Å². The van der Waals surface area contributed by atoms with Gasteiger partial charge in [-0.3, -0.25) is 14.9 Å². The number of nitrogens with zero attached hydrogens (tertiary/aromatic N) is 3. The molecular formula is C17H22ClN3O4. The number of benzene rings is 1. The van der Waals surface area contributed by atoms with Crippen LogP contribution in [0.3, 0.4) is 0 Å². The standard InChI is InChI=1S/C17H22ClN3O4/c1-3-4-11-25-13(2)17(22)20-9-7-19(8-10-20)15-6-5-14(18)12-16(15)21(23)24/h3,5-6,12-13H,1,4,7-11H2,2H3. The van der Waals surface area contributed by atoms with E-state index < -0.39 is 11.0 Å². The molecule has 1 amide bonds. The largest absolute Gasteiger partial charge is 0.368 e. The van der Waals surface area contributed by atoms with Crippen LogP contribution in [0.25, 0.3) is 0 Å². The fourth-order valence-electron chi connectivity index (χ4n) is 2.73. The first-order valence-corrected chi connectivity index (χ1v) is 8.52. The number of nitro benzene ring substituents is 1. The maximum atomic E-state index is 12.4. The molecule has 25 heavy (non-hydrogen) atoms. The van der Waals surface area contributed by atoms with Crippen molar-refractivity contribution in [1.29, 1.82) is 0 Å². The minimum Gasteiger partial charge on any atom is -0.368 e. The highest BCUT2D eigenvalue weighted by Crippen LogP contribution is 2.31. The highest BCUT2D eigenvalue weighted by molar-refractivity contribution is 6.30. The van der Waals surface area contributed by atoms with Gasteiger partial charge in [0.2, 0.25) is 0 Å². The maximum absolute atomic E-state index is 12.4. The van der Waals surface area contributed by atoms with Crippen molar-refractivity contribution in [2.75, 3.05) is 37.7 Å². The molecule has 1 saturated heterocycles. The second kappa shape index (κ2) is 8.82. The molecule has 1 aromatic rings. The van der Waals surface area contributed by atoms with Crippen molar-refractivity contribution < 1.29 is 14.5 Å². The summed E-state index contributed by atoms with van der Waals surface area (Å²) in [5, 5.41) is 11.6. The molecule has 1 fully saturated rings. The van der Waals surface area contributed by atoms with Gasteiger partial charge in [0.1, 0.15) is 11.8 Å². The molecule has 1 atom stereocenters. The van der Waals surface area contributed by atoms with Crippen LogP contribution in [0.4, 0.5) is 11.4 Å². The minimum absolute atomic E-state index is 0.0200. The van der Waals surface area contributed by atoms with Gasteiger partial charge in [-0.05, 0) is 25.5 Å². The number of rotatable bonds is 7. The minimum atomic E-state index is -0.503. The summed E-state index contributed by atoms with van der Waals surface area (Å²) >= 11 is 5.86. The van der Waals surface area contributed by atoms with Crippen molar-refractivity contribution in [2.45, 2.75) is 19.4 Å². The van der Waals surface area contributed by atoms with Crippen LogP contribution in [0.2, 0.25) is 5.02 Å². The quantitative estimate of drug-likeness (QED) is 0.320. The average Bonchev–Trinajstić information content (AvgIpc) is 2.61. The Kier molecular flexibility index (Phi) is 6.78. The first-order chi connectivity index (χ1) is 11.9. The highest BCUT2D eigenvalue weighted by atomic mass is 35.5. The molecule has 1 aromatic carbocycles. The van der Waals surface area contributed by atoms with Gasteiger partial charge in [0.25, 0.3) is 11.6 Å². The lowest BCUT2D eigenvalue weighted by Crippen LogP contribution is -2.51. The van der Waals surface area contributed by atoms with Gasteiger partial charge < -0.3 is 14.5 Å². The van der Waals surface area contributed by atoms with Crippen molar-refractivity contribution in [3.63, 3.8) is 0 Å². The summed E-state index contributed by atoms with van der Waals surface area (Å²) in [5.41, 5.74) is 0.505. The number of halogens is 1. The molecule has 0 aliphatic carbocycles. The molecule has 136 valence electrons. The third-order valence-electron chi connectivity index (χ3n) is 4.10. The number of nitro groups is 1. The van der Waals surface area contributed by atoms with Gasteiger partial charge in [-0.1, -0.05) is 17.7 Å². The summed E-state index contributed by atoms with van der Waals surface area (Å²) in [4.78, 5) is 26.8. The van der Waals surface area contributed by atoms with Crippen LogP contribution in [0, 0.1) is 10.1 Å². The number of hydrogen-bond acceptors (Lipinski definition) is 5. The molecule has 0 bridgehead atoms. The van der Waals surface area contributed by atoms with Crippen molar-refractivity contribution in [1.82, 2.24) is 4.90 Å². The summed E-state index contributed by atoms with van der Waals surface area (Å²) in [7, 11) is 0. The van der Waals surface area contributed by atoms with Crippen molar-refractivity contribution in [3.8, 4) is 0 Å². The SMILES string of the molecule is C=CCCOC(C)C(=O)N1CCN(c2ccc(Cl)cc2[N+](=O)[O-])CC1. The van der Waals surface area contributed by atoms with Gasteiger partial charge in [0.15, 0.2) is 0 Å². The summed E-state index contributed by atoms with van der Waals surface area (Å²) < 4.78 is 5.49. The second-order valence-corrected chi connectivity index (χ2v) is 6.23. The van der Waals surface area contributed by atoms with Crippen LogP contribution in [0.15, 0.2) is 30.9 Å². The smallest absolute Gasteiger partial charge is 0.294 e. The van der Waals surface area contributed by atoms with E-state index in [0.29, 0.717) is 49.9 Å². The molecule has 0 radical (unpaired) electrons. The summed E-state index contributed by atoms with van der Waals surface area (Å²) in [5.74, 6) is -0.0608. The van der Waals surface area contributed by atoms with Crippen molar-refractivity contribution >= 4 is 28.9 Å². The number of ether oxygens (including phenoxy) is 1. The van der Waals surface area contributed by atoms with Crippen LogP contribution in [0.1, 0.15) is 13.3 Å². The Morgan fingerprint density at radius 1 is 1.44 bits per heavy atom. The molecule has 0 N–H and O–H groups in total. The molecule has 0 saturated carbocycles.